The number of benzene rings is 2. The number of ether oxygens (including phenoxy) is 1. The van der Waals surface area contributed by atoms with E-state index in [1.807, 2.05) is 7.05 Å². The molecule has 0 aliphatic rings. The van der Waals surface area contributed by atoms with E-state index in [4.69, 9.17) is 4.74 Å². The van der Waals surface area contributed by atoms with Crippen molar-refractivity contribution in [1.82, 2.24) is 5.32 Å². The van der Waals surface area contributed by atoms with Crippen LogP contribution in [0.5, 0.6) is 5.75 Å². The van der Waals surface area contributed by atoms with Crippen molar-refractivity contribution in [2.45, 2.75) is 26.8 Å². The molecular weight excluding hydrogens is 326 g/mol. The Labute approximate surface area is 135 Å². The fourth-order valence-corrected chi connectivity index (χ4v) is 3.28. The first kappa shape index (κ1) is 16.1. The van der Waals surface area contributed by atoms with Gasteiger partial charge in [0, 0.05) is 4.47 Å². The molecule has 0 radical (unpaired) electrons. The second-order valence-electron chi connectivity index (χ2n) is 5.41. The molecule has 2 aromatic rings. The molecule has 0 spiro atoms. The minimum atomic E-state index is 0.172. The predicted octanol–water partition coefficient (Wildman–Crippen LogP) is 4.69. The lowest BCUT2D eigenvalue weighted by molar-refractivity contribution is 0.408. The summed E-state index contributed by atoms with van der Waals surface area (Å²) < 4.78 is 6.57. The minimum Gasteiger partial charge on any atom is -0.496 e. The summed E-state index contributed by atoms with van der Waals surface area (Å²) in [5, 5.41) is 3.43. The average molecular weight is 348 g/mol. The molecule has 0 bridgehead atoms. The molecule has 1 N–H and O–H groups in total. The number of rotatable bonds is 4. The SMILES string of the molecule is CNC(c1cc(C)c(OC)c(C)c1)c1cc(Br)ccc1C. The largest absolute Gasteiger partial charge is 0.496 e. The number of hydrogen-bond acceptors (Lipinski definition) is 2. The molecular formula is C18H22BrNO. The first-order valence-electron chi connectivity index (χ1n) is 7.06. The van der Waals surface area contributed by atoms with Crippen molar-refractivity contribution < 1.29 is 4.74 Å². The molecule has 0 fully saturated rings. The lowest BCUT2D eigenvalue weighted by Crippen LogP contribution is -2.19. The first-order chi connectivity index (χ1) is 9.97. The molecule has 2 aromatic carbocycles. The molecule has 0 saturated carbocycles. The van der Waals surface area contributed by atoms with Crippen molar-refractivity contribution in [3.8, 4) is 5.75 Å². The highest BCUT2D eigenvalue weighted by molar-refractivity contribution is 9.10. The smallest absolute Gasteiger partial charge is 0.124 e. The molecule has 0 aliphatic carbocycles. The molecule has 1 atom stereocenters. The van der Waals surface area contributed by atoms with Crippen LogP contribution < -0.4 is 10.1 Å². The fraction of sp³-hybridized carbons (Fsp3) is 0.333. The summed E-state index contributed by atoms with van der Waals surface area (Å²) in [5.74, 6) is 0.972. The molecule has 3 heteroatoms. The maximum Gasteiger partial charge on any atom is 0.124 e. The lowest BCUT2D eigenvalue weighted by atomic mass is 9.92. The van der Waals surface area contributed by atoms with E-state index >= 15 is 0 Å². The van der Waals surface area contributed by atoms with Gasteiger partial charge >= 0.3 is 0 Å². The monoisotopic (exact) mass is 347 g/mol. The zero-order valence-corrected chi connectivity index (χ0v) is 14.8. The molecule has 2 nitrogen and oxygen atoms in total. The van der Waals surface area contributed by atoms with Gasteiger partial charge < -0.3 is 10.1 Å². The highest BCUT2D eigenvalue weighted by Crippen LogP contribution is 2.32. The molecule has 0 aliphatic heterocycles. The summed E-state index contributed by atoms with van der Waals surface area (Å²) in [6.45, 7) is 6.33. The Kier molecular flexibility index (Phi) is 5.07. The Bertz CT molecular complexity index is 629. The van der Waals surface area contributed by atoms with Crippen molar-refractivity contribution >= 4 is 15.9 Å². The normalized spacial score (nSPS) is 12.3. The van der Waals surface area contributed by atoms with E-state index in [1.54, 1.807) is 7.11 Å². The quantitative estimate of drug-likeness (QED) is 0.865. The van der Waals surface area contributed by atoms with E-state index in [-0.39, 0.29) is 6.04 Å². The molecule has 21 heavy (non-hydrogen) atoms. The summed E-state index contributed by atoms with van der Waals surface area (Å²) in [7, 11) is 3.73. The van der Waals surface area contributed by atoms with E-state index in [1.165, 1.54) is 27.8 Å². The van der Waals surface area contributed by atoms with Crippen LogP contribution in [0.25, 0.3) is 0 Å². The van der Waals surface area contributed by atoms with E-state index in [2.05, 4.69) is 72.3 Å². The Morgan fingerprint density at radius 2 is 1.62 bits per heavy atom. The van der Waals surface area contributed by atoms with Crippen LogP contribution in [0.15, 0.2) is 34.8 Å². The molecule has 0 amide bonds. The number of aryl methyl sites for hydroxylation is 3. The van der Waals surface area contributed by atoms with Crippen LogP contribution in [0.1, 0.15) is 33.9 Å². The maximum atomic E-state index is 5.46. The lowest BCUT2D eigenvalue weighted by Gasteiger charge is -2.22. The van der Waals surface area contributed by atoms with Gasteiger partial charge in [-0.2, -0.15) is 0 Å². The zero-order valence-electron chi connectivity index (χ0n) is 13.3. The summed E-state index contributed by atoms with van der Waals surface area (Å²) >= 11 is 3.57. The summed E-state index contributed by atoms with van der Waals surface area (Å²) in [5.41, 5.74) is 6.16. The van der Waals surface area contributed by atoms with Crippen molar-refractivity contribution in [2.75, 3.05) is 14.2 Å². The second kappa shape index (κ2) is 6.63. The Hall–Kier alpha value is -1.32. The van der Waals surface area contributed by atoms with Crippen LogP contribution >= 0.6 is 15.9 Å². The number of nitrogens with one attached hydrogen (secondary N) is 1. The summed E-state index contributed by atoms with van der Waals surface area (Å²) in [6.07, 6.45) is 0. The van der Waals surface area contributed by atoms with Gasteiger partial charge in [-0.05, 0) is 67.8 Å². The van der Waals surface area contributed by atoms with Gasteiger partial charge in [0.1, 0.15) is 5.75 Å². The van der Waals surface area contributed by atoms with Crippen molar-refractivity contribution in [3.63, 3.8) is 0 Å². The topological polar surface area (TPSA) is 21.3 Å². The third kappa shape index (κ3) is 3.30. The maximum absolute atomic E-state index is 5.46. The van der Waals surface area contributed by atoms with Gasteiger partial charge in [-0.3, -0.25) is 0 Å². The van der Waals surface area contributed by atoms with Crippen LogP contribution in [0, 0.1) is 20.8 Å². The average Bonchev–Trinajstić information content (AvgIpc) is 2.43. The molecule has 0 saturated heterocycles. The standard InChI is InChI=1S/C18H22BrNO/c1-11-6-7-15(19)10-16(11)17(20-4)14-8-12(2)18(21-5)13(3)9-14/h6-10,17,20H,1-5H3. The van der Waals surface area contributed by atoms with Gasteiger partial charge in [-0.25, -0.2) is 0 Å². The predicted molar refractivity (Wildman–Crippen MR) is 92.2 cm³/mol. The molecule has 0 heterocycles. The number of methoxy groups -OCH3 is 1. The van der Waals surface area contributed by atoms with Crippen molar-refractivity contribution in [2.24, 2.45) is 0 Å². The minimum absolute atomic E-state index is 0.172. The fourth-order valence-electron chi connectivity index (χ4n) is 2.90. The highest BCUT2D eigenvalue weighted by Gasteiger charge is 2.17. The van der Waals surface area contributed by atoms with E-state index in [0.717, 1.165) is 10.2 Å². The third-order valence-corrected chi connectivity index (χ3v) is 4.35. The van der Waals surface area contributed by atoms with Gasteiger partial charge in [0.2, 0.25) is 0 Å². The van der Waals surface area contributed by atoms with E-state index in [9.17, 15) is 0 Å². The van der Waals surface area contributed by atoms with Gasteiger partial charge in [-0.15, -0.1) is 0 Å². The second-order valence-corrected chi connectivity index (χ2v) is 6.33. The van der Waals surface area contributed by atoms with Gasteiger partial charge in [0.15, 0.2) is 0 Å². The molecule has 0 aromatic heterocycles. The van der Waals surface area contributed by atoms with Gasteiger partial charge in [-0.1, -0.05) is 34.1 Å². The highest BCUT2D eigenvalue weighted by atomic mass is 79.9. The van der Waals surface area contributed by atoms with E-state index < -0.39 is 0 Å². The van der Waals surface area contributed by atoms with Crippen LogP contribution in [0.3, 0.4) is 0 Å². The first-order valence-corrected chi connectivity index (χ1v) is 7.85. The van der Waals surface area contributed by atoms with Gasteiger partial charge in [0.05, 0.1) is 13.2 Å². The van der Waals surface area contributed by atoms with Crippen molar-refractivity contribution in [3.05, 3.63) is 62.6 Å². The van der Waals surface area contributed by atoms with E-state index in [0.29, 0.717) is 0 Å². The van der Waals surface area contributed by atoms with Crippen LogP contribution in [-0.2, 0) is 0 Å². The molecule has 1 unspecified atom stereocenters. The number of halogens is 1. The Morgan fingerprint density at radius 3 is 2.14 bits per heavy atom. The molecule has 2 rings (SSSR count). The molecule has 112 valence electrons. The summed E-state index contributed by atoms with van der Waals surface area (Å²) in [6, 6.07) is 11.0. The zero-order chi connectivity index (χ0) is 15.6. The Balaban J connectivity index is 2.54. The van der Waals surface area contributed by atoms with Crippen LogP contribution in [0.2, 0.25) is 0 Å². The number of hydrogen-bond donors (Lipinski definition) is 1. The van der Waals surface area contributed by atoms with Crippen LogP contribution in [0.4, 0.5) is 0 Å². The summed E-state index contributed by atoms with van der Waals surface area (Å²) in [4.78, 5) is 0. The van der Waals surface area contributed by atoms with Crippen molar-refractivity contribution in [1.29, 1.82) is 0 Å². The third-order valence-electron chi connectivity index (χ3n) is 3.86. The van der Waals surface area contributed by atoms with Crippen LogP contribution in [-0.4, -0.2) is 14.2 Å². The van der Waals surface area contributed by atoms with Gasteiger partial charge in [0.25, 0.3) is 0 Å². The Morgan fingerprint density at radius 1 is 1.00 bits per heavy atom.